The maximum atomic E-state index is 12.5. The van der Waals surface area contributed by atoms with Crippen LogP contribution in [0.2, 0.25) is 0 Å². The number of carbonyl (C=O) groups is 1. The first-order valence-corrected chi connectivity index (χ1v) is 6.39. The van der Waals surface area contributed by atoms with Gasteiger partial charge in [0, 0.05) is 23.8 Å². The van der Waals surface area contributed by atoms with E-state index in [9.17, 15) is 4.79 Å². The number of nitrogens with two attached hydrogens (primary N) is 1. The van der Waals surface area contributed by atoms with Crippen LogP contribution in [-0.2, 0) is 0 Å². The highest BCUT2D eigenvalue weighted by molar-refractivity contribution is 5.95. The summed E-state index contributed by atoms with van der Waals surface area (Å²) in [6.45, 7) is 4.22. The van der Waals surface area contributed by atoms with E-state index >= 15 is 0 Å². The summed E-state index contributed by atoms with van der Waals surface area (Å²) < 4.78 is 0. The van der Waals surface area contributed by atoms with Gasteiger partial charge in [0.1, 0.15) is 5.82 Å². The fourth-order valence-corrected chi connectivity index (χ4v) is 2.61. The Balaban J connectivity index is 2.23. The molecule has 5 heteroatoms. The predicted molar refractivity (Wildman–Crippen MR) is 71.0 cm³/mol. The number of nitrogen functional groups attached to an aromatic ring is 1. The molecule has 3 N–H and O–H groups in total. The lowest BCUT2D eigenvalue weighted by Gasteiger charge is -2.39. The fraction of sp³-hybridized carbons (Fsp3) is 0.538. The molecule has 2 atom stereocenters. The van der Waals surface area contributed by atoms with Gasteiger partial charge >= 0.3 is 0 Å². The number of hydrogen-bond acceptors (Lipinski definition) is 4. The van der Waals surface area contributed by atoms with Gasteiger partial charge in [-0.05, 0) is 45.2 Å². The molecular formula is C13H20N4O. The number of pyridine rings is 1. The van der Waals surface area contributed by atoms with Crippen LogP contribution in [0.4, 0.5) is 5.82 Å². The molecule has 0 aromatic carbocycles. The van der Waals surface area contributed by atoms with E-state index in [1.807, 2.05) is 4.90 Å². The van der Waals surface area contributed by atoms with Crippen molar-refractivity contribution in [1.82, 2.24) is 9.88 Å². The van der Waals surface area contributed by atoms with Crippen molar-refractivity contribution in [2.75, 3.05) is 5.43 Å². The highest BCUT2D eigenvalue weighted by Gasteiger charge is 2.29. The topological polar surface area (TPSA) is 71.2 Å². The average Bonchev–Trinajstić information content (AvgIpc) is 2.38. The SMILES string of the molecule is CC1CCCC(C)N1C(=O)c1ccnc(NN)c1. The van der Waals surface area contributed by atoms with Gasteiger partial charge in [0.25, 0.3) is 5.91 Å². The Hall–Kier alpha value is -1.62. The van der Waals surface area contributed by atoms with Gasteiger partial charge in [0.05, 0.1) is 0 Å². The number of amides is 1. The van der Waals surface area contributed by atoms with E-state index in [1.165, 1.54) is 6.42 Å². The minimum atomic E-state index is 0.0635. The lowest BCUT2D eigenvalue weighted by atomic mass is 9.96. The second-order valence-corrected chi connectivity index (χ2v) is 4.92. The zero-order valence-corrected chi connectivity index (χ0v) is 10.9. The van der Waals surface area contributed by atoms with E-state index in [2.05, 4.69) is 24.3 Å². The molecule has 2 heterocycles. The summed E-state index contributed by atoms with van der Waals surface area (Å²) in [5, 5.41) is 0. The van der Waals surface area contributed by atoms with Crippen LogP contribution in [0, 0.1) is 0 Å². The minimum absolute atomic E-state index is 0.0635. The van der Waals surface area contributed by atoms with E-state index in [-0.39, 0.29) is 5.91 Å². The standard InChI is InChI=1S/C13H20N4O/c1-9-4-3-5-10(2)17(9)13(18)11-6-7-15-12(8-11)16-14/h6-10H,3-5,14H2,1-2H3,(H,15,16). The fourth-order valence-electron chi connectivity index (χ4n) is 2.61. The van der Waals surface area contributed by atoms with Crippen LogP contribution in [0.3, 0.4) is 0 Å². The Bertz CT molecular complexity index is 425. The van der Waals surface area contributed by atoms with E-state index in [0.717, 1.165) is 12.8 Å². The van der Waals surface area contributed by atoms with Crippen molar-refractivity contribution in [2.45, 2.75) is 45.2 Å². The third-order valence-electron chi connectivity index (χ3n) is 3.58. The third-order valence-corrected chi connectivity index (χ3v) is 3.58. The second kappa shape index (κ2) is 5.35. The number of anilines is 1. The average molecular weight is 248 g/mol. The molecule has 0 radical (unpaired) electrons. The van der Waals surface area contributed by atoms with Gasteiger partial charge in [0.15, 0.2) is 0 Å². The van der Waals surface area contributed by atoms with E-state index in [1.54, 1.807) is 18.3 Å². The first-order valence-electron chi connectivity index (χ1n) is 6.39. The van der Waals surface area contributed by atoms with E-state index in [4.69, 9.17) is 5.84 Å². The van der Waals surface area contributed by atoms with Crippen molar-refractivity contribution in [1.29, 1.82) is 0 Å². The molecule has 1 fully saturated rings. The molecule has 98 valence electrons. The number of hydrazine groups is 1. The first-order chi connectivity index (χ1) is 8.63. The number of carbonyl (C=O) groups excluding carboxylic acids is 1. The van der Waals surface area contributed by atoms with Crippen molar-refractivity contribution in [3.63, 3.8) is 0 Å². The number of aromatic nitrogens is 1. The number of nitrogens with one attached hydrogen (secondary N) is 1. The monoisotopic (exact) mass is 248 g/mol. The van der Waals surface area contributed by atoms with Gasteiger partial charge in [0.2, 0.25) is 0 Å². The van der Waals surface area contributed by atoms with Crippen LogP contribution in [0.25, 0.3) is 0 Å². The van der Waals surface area contributed by atoms with Crippen molar-refractivity contribution in [3.05, 3.63) is 23.9 Å². The molecule has 0 spiro atoms. The van der Waals surface area contributed by atoms with Gasteiger partial charge in [-0.2, -0.15) is 0 Å². The minimum Gasteiger partial charge on any atom is -0.333 e. The zero-order valence-electron chi connectivity index (χ0n) is 10.9. The summed E-state index contributed by atoms with van der Waals surface area (Å²) in [4.78, 5) is 18.5. The number of piperidine rings is 1. The highest BCUT2D eigenvalue weighted by Crippen LogP contribution is 2.24. The molecule has 0 saturated carbocycles. The van der Waals surface area contributed by atoms with Crippen molar-refractivity contribution in [3.8, 4) is 0 Å². The molecule has 2 unspecified atom stereocenters. The molecule has 18 heavy (non-hydrogen) atoms. The van der Waals surface area contributed by atoms with Crippen molar-refractivity contribution >= 4 is 11.7 Å². The lowest BCUT2D eigenvalue weighted by molar-refractivity contribution is 0.0510. The predicted octanol–water partition coefficient (Wildman–Crippen LogP) is 1.77. The van der Waals surface area contributed by atoms with Gasteiger partial charge in [-0.25, -0.2) is 10.8 Å². The van der Waals surface area contributed by atoms with E-state index < -0.39 is 0 Å². The first kappa shape index (κ1) is 12.8. The summed E-state index contributed by atoms with van der Waals surface area (Å²) in [5.41, 5.74) is 3.10. The summed E-state index contributed by atoms with van der Waals surface area (Å²) in [5.74, 6) is 5.89. The molecule has 0 aliphatic carbocycles. The smallest absolute Gasteiger partial charge is 0.254 e. The van der Waals surface area contributed by atoms with Crippen LogP contribution in [0.15, 0.2) is 18.3 Å². The summed E-state index contributed by atoms with van der Waals surface area (Å²) in [6.07, 6.45) is 4.94. The van der Waals surface area contributed by atoms with E-state index in [0.29, 0.717) is 23.5 Å². The largest absolute Gasteiger partial charge is 0.333 e. The van der Waals surface area contributed by atoms with Crippen LogP contribution < -0.4 is 11.3 Å². The van der Waals surface area contributed by atoms with Gasteiger partial charge in [-0.1, -0.05) is 0 Å². The number of nitrogens with zero attached hydrogens (tertiary/aromatic N) is 2. The summed E-state index contributed by atoms with van der Waals surface area (Å²) >= 11 is 0. The molecule has 0 bridgehead atoms. The molecule has 2 rings (SSSR count). The third kappa shape index (κ3) is 2.46. The highest BCUT2D eigenvalue weighted by atomic mass is 16.2. The second-order valence-electron chi connectivity index (χ2n) is 4.92. The molecule has 1 saturated heterocycles. The molecule has 1 amide bonds. The molecule has 5 nitrogen and oxygen atoms in total. The van der Waals surface area contributed by atoms with Crippen LogP contribution >= 0.6 is 0 Å². The van der Waals surface area contributed by atoms with Crippen molar-refractivity contribution in [2.24, 2.45) is 5.84 Å². The number of hydrogen-bond donors (Lipinski definition) is 2. The zero-order chi connectivity index (χ0) is 13.1. The summed E-state index contributed by atoms with van der Waals surface area (Å²) in [7, 11) is 0. The molecule has 1 aromatic rings. The Morgan fingerprint density at radius 2 is 2.11 bits per heavy atom. The summed E-state index contributed by atoms with van der Waals surface area (Å²) in [6, 6.07) is 4.01. The van der Waals surface area contributed by atoms with Crippen LogP contribution in [0.1, 0.15) is 43.5 Å². The Labute approximate surface area is 107 Å². The van der Waals surface area contributed by atoms with Crippen LogP contribution in [0.5, 0.6) is 0 Å². The van der Waals surface area contributed by atoms with Gasteiger partial charge in [-0.3, -0.25) is 4.79 Å². The maximum absolute atomic E-state index is 12.5. The Kier molecular flexibility index (Phi) is 3.81. The Morgan fingerprint density at radius 1 is 1.44 bits per heavy atom. The van der Waals surface area contributed by atoms with Gasteiger partial charge in [-0.15, -0.1) is 0 Å². The van der Waals surface area contributed by atoms with Crippen molar-refractivity contribution < 1.29 is 4.79 Å². The molecule has 1 aliphatic rings. The lowest BCUT2D eigenvalue weighted by Crippen LogP contribution is -2.47. The quantitative estimate of drug-likeness (QED) is 0.618. The number of rotatable bonds is 2. The van der Waals surface area contributed by atoms with Gasteiger partial charge < -0.3 is 10.3 Å². The molecule has 1 aromatic heterocycles. The molecular weight excluding hydrogens is 228 g/mol. The number of likely N-dealkylation sites (tertiary alicyclic amines) is 1. The normalized spacial score (nSPS) is 23.8. The van der Waals surface area contributed by atoms with Crippen LogP contribution in [-0.4, -0.2) is 27.9 Å². The maximum Gasteiger partial charge on any atom is 0.254 e. The Morgan fingerprint density at radius 3 is 2.72 bits per heavy atom. The molecule has 1 aliphatic heterocycles.